The molecule has 224 valence electrons. The molecule has 3 saturated heterocycles. The van der Waals surface area contributed by atoms with E-state index in [-0.39, 0.29) is 11.8 Å². The Balaban J connectivity index is 1.11. The van der Waals surface area contributed by atoms with Gasteiger partial charge in [0.05, 0.1) is 18.4 Å². The molecule has 3 aromatic heterocycles. The maximum absolute atomic E-state index is 12.4. The number of hydrogen-bond acceptors (Lipinski definition) is 9. The van der Waals surface area contributed by atoms with Crippen LogP contribution in [-0.4, -0.2) is 56.7 Å². The van der Waals surface area contributed by atoms with Crippen LogP contribution in [0.4, 0.5) is 11.5 Å². The van der Waals surface area contributed by atoms with E-state index in [0.29, 0.717) is 23.4 Å². The van der Waals surface area contributed by atoms with E-state index in [1.54, 1.807) is 6.20 Å². The van der Waals surface area contributed by atoms with E-state index in [4.69, 9.17) is 20.4 Å². The number of nitrogens with zero attached hydrogens (tertiary/aromatic N) is 6. The van der Waals surface area contributed by atoms with E-state index in [0.717, 1.165) is 66.1 Å². The molecule has 0 aliphatic carbocycles. The predicted molar refractivity (Wildman–Crippen MR) is 174 cm³/mol. The molecule has 2 N–H and O–H groups in total. The van der Waals surface area contributed by atoms with Crippen LogP contribution in [0.3, 0.4) is 0 Å². The Kier molecular flexibility index (Phi) is 6.45. The molecule has 0 saturated carbocycles. The molecule has 45 heavy (non-hydrogen) atoms. The first kappa shape index (κ1) is 27.2. The van der Waals surface area contributed by atoms with Crippen LogP contribution in [0.1, 0.15) is 18.4 Å². The molecular weight excluding hydrogens is 566 g/mol. The molecule has 0 spiro atoms. The molecule has 3 aliphatic heterocycles. The number of fused-ring (bicyclic) bond motifs is 4. The number of methoxy groups -OCH3 is 1. The average Bonchev–Trinajstić information content (AvgIpc) is 3.46. The van der Waals surface area contributed by atoms with Crippen molar-refractivity contribution in [3.05, 3.63) is 111 Å². The maximum Gasteiger partial charge on any atom is 0.272 e. The lowest BCUT2D eigenvalue weighted by molar-refractivity contribution is 0.0883. The van der Waals surface area contributed by atoms with E-state index in [2.05, 4.69) is 43.6 Å². The Labute approximate surface area is 259 Å². The lowest BCUT2D eigenvalue weighted by Crippen LogP contribution is -2.64. The van der Waals surface area contributed by atoms with Crippen LogP contribution in [0.2, 0.25) is 0 Å². The molecule has 3 aromatic carbocycles. The highest BCUT2D eigenvalue weighted by molar-refractivity contribution is 5.84. The van der Waals surface area contributed by atoms with E-state index in [1.807, 2.05) is 54.6 Å². The van der Waals surface area contributed by atoms with Crippen molar-refractivity contribution < 1.29 is 4.74 Å². The van der Waals surface area contributed by atoms with Crippen molar-refractivity contribution in [1.29, 1.82) is 0 Å². The second-order valence-electron chi connectivity index (χ2n) is 11.8. The number of piperidine rings is 2. The molecule has 6 heterocycles. The lowest BCUT2D eigenvalue weighted by atomic mass is 9.89. The molecular formula is C35H31N7O3. The van der Waals surface area contributed by atoms with Gasteiger partial charge in [0, 0.05) is 49.2 Å². The van der Waals surface area contributed by atoms with Crippen LogP contribution in [-0.2, 0) is 6.54 Å². The predicted octanol–water partition coefficient (Wildman–Crippen LogP) is 4.19. The van der Waals surface area contributed by atoms with E-state index in [1.165, 1.54) is 12.7 Å². The zero-order chi connectivity index (χ0) is 30.7. The summed E-state index contributed by atoms with van der Waals surface area (Å²) in [5, 5.41) is 0. The Morgan fingerprint density at radius 1 is 0.867 bits per heavy atom. The van der Waals surface area contributed by atoms with Gasteiger partial charge in [0.2, 0.25) is 0 Å². The molecule has 2 atom stereocenters. The van der Waals surface area contributed by atoms with Crippen LogP contribution in [0.15, 0.2) is 94.6 Å². The van der Waals surface area contributed by atoms with Crippen LogP contribution in [0.5, 0.6) is 5.75 Å². The van der Waals surface area contributed by atoms with Gasteiger partial charge in [0.25, 0.3) is 10.9 Å². The minimum absolute atomic E-state index is 0.182. The zero-order valence-corrected chi connectivity index (χ0v) is 24.8. The van der Waals surface area contributed by atoms with Gasteiger partial charge in [0.1, 0.15) is 17.0 Å². The van der Waals surface area contributed by atoms with E-state index >= 15 is 0 Å². The van der Waals surface area contributed by atoms with Gasteiger partial charge >= 0.3 is 0 Å². The number of benzene rings is 2. The molecule has 10 nitrogen and oxygen atoms in total. The summed E-state index contributed by atoms with van der Waals surface area (Å²) in [5.41, 5.74) is 12.1. The highest BCUT2D eigenvalue weighted by Crippen LogP contribution is 2.36. The highest BCUT2D eigenvalue weighted by atomic mass is 16.5. The topological polar surface area (TPSA) is 119 Å². The molecule has 6 aromatic rings. The van der Waals surface area contributed by atoms with Crippen molar-refractivity contribution in [2.45, 2.75) is 31.5 Å². The Bertz CT molecular complexity index is 2120. The number of nitrogens with two attached hydrogens (primary N) is 1. The molecule has 2 unspecified atom stereocenters. The minimum atomic E-state index is -0.516. The quantitative estimate of drug-likeness (QED) is 0.270. The minimum Gasteiger partial charge on any atom is -0.491 e. The summed E-state index contributed by atoms with van der Waals surface area (Å²) < 4.78 is 7.29. The molecule has 3 aliphatic rings. The fraction of sp³-hybridized carbons (Fsp3) is 0.229. The number of imidazole rings is 1. The monoisotopic (exact) mass is 597 g/mol. The van der Waals surface area contributed by atoms with Gasteiger partial charge in [0.15, 0.2) is 17.2 Å². The average molecular weight is 598 g/mol. The highest BCUT2D eigenvalue weighted by Gasteiger charge is 2.42. The Hall–Kier alpha value is -5.35. The SMILES string of the molecule is COc1c(N2CC3CCC2CN3Cc2ccc(-n3c(-c4cccnc4N)nc4ccc(-c5ccccc5)nc43)cc2)c(=O)c1=O. The van der Waals surface area contributed by atoms with Gasteiger partial charge in [-0.05, 0) is 54.8 Å². The number of piperazine rings is 1. The van der Waals surface area contributed by atoms with Gasteiger partial charge in [-0.25, -0.2) is 15.0 Å². The number of anilines is 2. The summed E-state index contributed by atoms with van der Waals surface area (Å²) in [6, 6.07) is 26.9. The maximum atomic E-state index is 12.4. The standard InChI is InChI=1S/C35H31N7O3/c1-45-32-29(30(43)31(32)44)41-20-24-13-14-25(41)19-40(24)18-21-9-11-23(12-10-21)42-34(26-8-5-17-37-33(26)36)39-28-16-15-27(38-35(28)42)22-6-3-2-4-7-22/h2-12,15-17,24-25H,13-14,18-20H2,1H3,(H2,36,37). The first-order valence-corrected chi connectivity index (χ1v) is 15.1. The van der Waals surface area contributed by atoms with Crippen LogP contribution < -0.4 is 26.2 Å². The van der Waals surface area contributed by atoms with E-state index < -0.39 is 10.9 Å². The van der Waals surface area contributed by atoms with Crippen molar-refractivity contribution in [2.24, 2.45) is 0 Å². The normalized spacial score (nSPS) is 18.2. The van der Waals surface area contributed by atoms with Gasteiger partial charge in [-0.15, -0.1) is 0 Å². The number of rotatable bonds is 7. The molecule has 2 bridgehead atoms. The van der Waals surface area contributed by atoms with E-state index in [9.17, 15) is 9.59 Å². The molecule has 3 fully saturated rings. The van der Waals surface area contributed by atoms with Gasteiger partial charge in [-0.1, -0.05) is 42.5 Å². The van der Waals surface area contributed by atoms with Crippen molar-refractivity contribution in [1.82, 2.24) is 24.4 Å². The van der Waals surface area contributed by atoms with Crippen LogP contribution >= 0.6 is 0 Å². The third kappa shape index (κ3) is 4.48. The number of aromatic nitrogens is 4. The Morgan fingerprint density at radius 2 is 1.67 bits per heavy atom. The van der Waals surface area contributed by atoms with Gasteiger partial charge in [-0.2, -0.15) is 0 Å². The summed E-state index contributed by atoms with van der Waals surface area (Å²) in [7, 11) is 1.46. The van der Waals surface area contributed by atoms with Crippen molar-refractivity contribution in [3.63, 3.8) is 0 Å². The third-order valence-electron chi connectivity index (χ3n) is 9.21. The second-order valence-corrected chi connectivity index (χ2v) is 11.8. The van der Waals surface area contributed by atoms with Crippen molar-refractivity contribution in [2.75, 3.05) is 30.8 Å². The number of hydrogen-bond donors (Lipinski definition) is 1. The summed E-state index contributed by atoms with van der Waals surface area (Å²) in [5.74, 6) is 1.30. The van der Waals surface area contributed by atoms with Crippen LogP contribution in [0.25, 0.3) is 39.5 Å². The third-order valence-corrected chi connectivity index (χ3v) is 9.21. The summed E-state index contributed by atoms with van der Waals surface area (Å²) >= 11 is 0. The lowest BCUT2D eigenvalue weighted by Gasteiger charge is -2.52. The molecule has 0 amide bonds. The summed E-state index contributed by atoms with van der Waals surface area (Å²) in [6.07, 6.45) is 3.73. The van der Waals surface area contributed by atoms with Crippen molar-refractivity contribution in [3.8, 4) is 34.1 Å². The fourth-order valence-corrected chi connectivity index (χ4v) is 6.94. The fourth-order valence-electron chi connectivity index (χ4n) is 6.94. The molecule has 9 rings (SSSR count). The first-order chi connectivity index (χ1) is 22.0. The van der Waals surface area contributed by atoms with Crippen LogP contribution in [0, 0.1) is 0 Å². The summed E-state index contributed by atoms with van der Waals surface area (Å²) in [4.78, 5) is 43.2. The van der Waals surface area contributed by atoms with Gasteiger partial charge < -0.3 is 15.4 Å². The summed E-state index contributed by atoms with van der Waals surface area (Å²) in [6.45, 7) is 2.34. The number of pyridine rings is 2. The zero-order valence-electron chi connectivity index (χ0n) is 24.8. The first-order valence-electron chi connectivity index (χ1n) is 15.1. The second kappa shape index (κ2) is 10.7. The van der Waals surface area contributed by atoms with Crippen molar-refractivity contribution >= 4 is 22.7 Å². The number of ether oxygens (including phenoxy) is 1. The van der Waals surface area contributed by atoms with Gasteiger partial charge in [-0.3, -0.25) is 19.1 Å². The smallest absolute Gasteiger partial charge is 0.272 e. The number of nitrogen functional groups attached to an aromatic ring is 1. The molecule has 10 heteroatoms. The largest absolute Gasteiger partial charge is 0.491 e. The molecule has 0 radical (unpaired) electrons. The Morgan fingerprint density at radius 3 is 2.40 bits per heavy atom.